The van der Waals surface area contributed by atoms with Gasteiger partial charge in [0.2, 0.25) is 0 Å². The lowest BCUT2D eigenvalue weighted by molar-refractivity contribution is 0.199. The van der Waals surface area contributed by atoms with E-state index in [0.717, 1.165) is 5.56 Å². The Bertz CT molecular complexity index is 507. The molecular formula is C17H20FN. The molecule has 0 saturated heterocycles. The predicted molar refractivity (Wildman–Crippen MR) is 77.4 cm³/mol. The molecule has 0 aliphatic heterocycles. The van der Waals surface area contributed by atoms with Crippen LogP contribution < -0.4 is 0 Å². The average molecular weight is 257 g/mol. The Hall–Kier alpha value is -1.67. The smallest absolute Gasteiger partial charge is 0.123 e. The minimum atomic E-state index is -0.185. The van der Waals surface area contributed by atoms with Crippen molar-refractivity contribution in [1.82, 2.24) is 4.90 Å². The summed E-state index contributed by atoms with van der Waals surface area (Å²) < 4.78 is 13.0. The molecule has 0 heterocycles. The molecule has 0 aliphatic rings. The predicted octanol–water partition coefficient (Wildman–Crippen LogP) is 4.58. The summed E-state index contributed by atoms with van der Waals surface area (Å²) in [5.41, 5.74) is 2.42. The molecule has 0 bridgehead atoms. The molecule has 0 aromatic heterocycles. The highest BCUT2D eigenvalue weighted by Crippen LogP contribution is 2.28. The highest BCUT2D eigenvalue weighted by atomic mass is 19.1. The zero-order valence-corrected chi connectivity index (χ0v) is 11.7. The van der Waals surface area contributed by atoms with Crippen molar-refractivity contribution in [2.24, 2.45) is 0 Å². The number of hydrogen-bond donors (Lipinski definition) is 0. The Kier molecular flexibility index (Phi) is 4.33. The molecule has 19 heavy (non-hydrogen) atoms. The molecule has 2 atom stereocenters. The van der Waals surface area contributed by atoms with Gasteiger partial charge in [0.05, 0.1) is 0 Å². The summed E-state index contributed by atoms with van der Waals surface area (Å²) in [4.78, 5) is 2.29. The van der Waals surface area contributed by atoms with E-state index in [9.17, 15) is 4.39 Å². The number of nitrogens with zero attached hydrogens (tertiary/aromatic N) is 1. The Morgan fingerprint density at radius 1 is 0.789 bits per heavy atom. The van der Waals surface area contributed by atoms with Crippen LogP contribution in [0, 0.1) is 5.82 Å². The van der Waals surface area contributed by atoms with Gasteiger partial charge in [-0.2, -0.15) is 0 Å². The third-order valence-electron chi connectivity index (χ3n) is 3.86. The van der Waals surface area contributed by atoms with Gasteiger partial charge in [0.25, 0.3) is 0 Å². The molecule has 0 spiro atoms. The lowest BCUT2D eigenvalue weighted by atomic mass is 10.0. The van der Waals surface area contributed by atoms with E-state index in [-0.39, 0.29) is 11.9 Å². The van der Waals surface area contributed by atoms with E-state index in [1.807, 2.05) is 18.2 Å². The van der Waals surface area contributed by atoms with Gasteiger partial charge in [-0.1, -0.05) is 42.5 Å². The summed E-state index contributed by atoms with van der Waals surface area (Å²) in [5.74, 6) is -0.185. The van der Waals surface area contributed by atoms with Gasteiger partial charge in [0.15, 0.2) is 0 Å². The van der Waals surface area contributed by atoms with Gasteiger partial charge < -0.3 is 0 Å². The normalized spacial score (nSPS) is 14.4. The summed E-state index contributed by atoms with van der Waals surface area (Å²) in [7, 11) is 2.10. The Morgan fingerprint density at radius 2 is 1.26 bits per heavy atom. The van der Waals surface area contributed by atoms with Crippen LogP contribution in [0.3, 0.4) is 0 Å². The molecule has 0 radical (unpaired) electrons. The lowest BCUT2D eigenvalue weighted by Crippen LogP contribution is -2.25. The monoisotopic (exact) mass is 257 g/mol. The first-order chi connectivity index (χ1) is 9.09. The summed E-state index contributed by atoms with van der Waals surface area (Å²) >= 11 is 0. The molecule has 2 aromatic carbocycles. The molecule has 100 valence electrons. The molecule has 0 fully saturated rings. The second kappa shape index (κ2) is 5.98. The molecular weight excluding hydrogens is 237 g/mol. The lowest BCUT2D eigenvalue weighted by Gasteiger charge is -2.31. The van der Waals surface area contributed by atoms with E-state index in [2.05, 4.69) is 50.1 Å². The van der Waals surface area contributed by atoms with Crippen molar-refractivity contribution < 1.29 is 4.39 Å². The number of benzene rings is 2. The maximum absolute atomic E-state index is 13.0. The zero-order chi connectivity index (χ0) is 13.8. The summed E-state index contributed by atoms with van der Waals surface area (Å²) in [6.07, 6.45) is 0. The first-order valence-electron chi connectivity index (χ1n) is 6.62. The van der Waals surface area contributed by atoms with E-state index in [0.29, 0.717) is 6.04 Å². The molecule has 0 unspecified atom stereocenters. The summed E-state index contributed by atoms with van der Waals surface area (Å²) in [5, 5.41) is 0. The highest BCUT2D eigenvalue weighted by Gasteiger charge is 2.18. The van der Waals surface area contributed by atoms with Crippen molar-refractivity contribution in [2.45, 2.75) is 25.9 Å². The molecule has 0 N–H and O–H groups in total. The third kappa shape index (κ3) is 3.21. The maximum Gasteiger partial charge on any atom is 0.123 e. The van der Waals surface area contributed by atoms with Crippen LogP contribution in [-0.2, 0) is 0 Å². The Balaban J connectivity index is 2.15. The average Bonchev–Trinajstić information content (AvgIpc) is 2.46. The summed E-state index contributed by atoms with van der Waals surface area (Å²) in [6.45, 7) is 4.34. The molecule has 2 aromatic rings. The van der Waals surface area contributed by atoms with Gasteiger partial charge in [-0.3, -0.25) is 4.90 Å². The van der Waals surface area contributed by atoms with Crippen LogP contribution in [-0.4, -0.2) is 11.9 Å². The Labute approximate surface area is 114 Å². The van der Waals surface area contributed by atoms with Crippen LogP contribution in [0.2, 0.25) is 0 Å². The van der Waals surface area contributed by atoms with Gasteiger partial charge in [0.1, 0.15) is 5.82 Å². The van der Waals surface area contributed by atoms with Crippen molar-refractivity contribution in [3.63, 3.8) is 0 Å². The molecule has 2 heteroatoms. The fourth-order valence-electron chi connectivity index (χ4n) is 2.28. The fraction of sp³-hybridized carbons (Fsp3) is 0.294. The van der Waals surface area contributed by atoms with Crippen LogP contribution in [0.25, 0.3) is 0 Å². The molecule has 1 nitrogen and oxygen atoms in total. The first-order valence-corrected chi connectivity index (χ1v) is 6.62. The molecule has 0 amide bonds. The van der Waals surface area contributed by atoms with Crippen molar-refractivity contribution in [1.29, 1.82) is 0 Å². The maximum atomic E-state index is 13.0. The zero-order valence-electron chi connectivity index (χ0n) is 11.7. The van der Waals surface area contributed by atoms with Gasteiger partial charge in [0, 0.05) is 12.1 Å². The number of rotatable bonds is 4. The second-order valence-corrected chi connectivity index (χ2v) is 4.98. The van der Waals surface area contributed by atoms with Crippen LogP contribution >= 0.6 is 0 Å². The largest absolute Gasteiger partial charge is 0.293 e. The third-order valence-corrected chi connectivity index (χ3v) is 3.86. The quantitative estimate of drug-likeness (QED) is 0.775. The van der Waals surface area contributed by atoms with Gasteiger partial charge in [-0.15, -0.1) is 0 Å². The van der Waals surface area contributed by atoms with Crippen molar-refractivity contribution in [2.75, 3.05) is 7.05 Å². The van der Waals surface area contributed by atoms with Crippen LogP contribution in [0.1, 0.15) is 37.1 Å². The van der Waals surface area contributed by atoms with Crippen LogP contribution in [0.5, 0.6) is 0 Å². The van der Waals surface area contributed by atoms with E-state index in [1.54, 1.807) is 0 Å². The Morgan fingerprint density at radius 3 is 1.79 bits per heavy atom. The van der Waals surface area contributed by atoms with E-state index < -0.39 is 0 Å². The summed E-state index contributed by atoms with van der Waals surface area (Å²) in [6, 6.07) is 17.7. The second-order valence-electron chi connectivity index (χ2n) is 4.98. The van der Waals surface area contributed by atoms with Crippen LogP contribution in [0.4, 0.5) is 4.39 Å². The number of hydrogen-bond acceptors (Lipinski definition) is 1. The molecule has 2 rings (SSSR count). The molecule has 0 saturated carbocycles. The minimum absolute atomic E-state index is 0.185. The highest BCUT2D eigenvalue weighted by molar-refractivity contribution is 5.22. The van der Waals surface area contributed by atoms with Crippen molar-refractivity contribution in [3.05, 3.63) is 71.5 Å². The topological polar surface area (TPSA) is 3.24 Å². The van der Waals surface area contributed by atoms with E-state index in [4.69, 9.17) is 0 Å². The minimum Gasteiger partial charge on any atom is -0.293 e. The standard InChI is InChI=1S/C17H20FN/c1-13(15-7-5-4-6-8-15)19(3)14(2)16-9-11-17(18)12-10-16/h4-14H,1-3H3/t13-,14-/m0/s1. The molecule has 0 aliphatic carbocycles. The van der Waals surface area contributed by atoms with E-state index in [1.165, 1.54) is 17.7 Å². The number of halogens is 1. The first kappa shape index (κ1) is 13.8. The SMILES string of the molecule is C[C@@H](c1ccccc1)N(C)[C@@H](C)c1ccc(F)cc1. The van der Waals surface area contributed by atoms with Gasteiger partial charge >= 0.3 is 0 Å². The van der Waals surface area contributed by atoms with E-state index >= 15 is 0 Å². The fourth-order valence-corrected chi connectivity index (χ4v) is 2.28. The van der Waals surface area contributed by atoms with Crippen LogP contribution in [0.15, 0.2) is 54.6 Å². The van der Waals surface area contributed by atoms with Crippen molar-refractivity contribution >= 4 is 0 Å². The van der Waals surface area contributed by atoms with Gasteiger partial charge in [-0.25, -0.2) is 4.39 Å². The van der Waals surface area contributed by atoms with Gasteiger partial charge in [-0.05, 0) is 44.2 Å². The van der Waals surface area contributed by atoms with Crippen molar-refractivity contribution in [3.8, 4) is 0 Å².